The lowest BCUT2D eigenvalue weighted by atomic mass is 9.95. The fourth-order valence-electron chi connectivity index (χ4n) is 8.30. The summed E-state index contributed by atoms with van der Waals surface area (Å²) >= 11 is 0. The molecule has 0 aromatic rings. The molecule has 0 bridgehead atoms. The van der Waals surface area contributed by atoms with Crippen molar-refractivity contribution in [2.24, 2.45) is 0 Å². The van der Waals surface area contributed by atoms with Gasteiger partial charge in [-0.25, -0.2) is 0 Å². The fourth-order valence-corrected chi connectivity index (χ4v) is 10.4. The fraction of sp³-hybridized carbons (Fsp3) is 0.812. The summed E-state index contributed by atoms with van der Waals surface area (Å²) in [5.74, 6) is -8.55. The van der Waals surface area contributed by atoms with Crippen molar-refractivity contribution in [1.29, 1.82) is 0 Å². The van der Waals surface area contributed by atoms with Gasteiger partial charge in [0.25, 0.3) is 8.60 Å². The van der Waals surface area contributed by atoms with Gasteiger partial charge in [-0.1, -0.05) is 20.8 Å². The molecule has 3 fully saturated rings. The molecular weight excluding hydrogens is 1080 g/mol. The number of quaternary nitrogens is 1. The number of ether oxygens (including phenoxy) is 14. The second kappa shape index (κ2) is 29.8. The molecule has 0 saturated carbocycles. The molecule has 0 N–H and O–H groups in total. The Morgan fingerprint density at radius 2 is 0.821 bits per heavy atom. The van der Waals surface area contributed by atoms with Crippen LogP contribution in [0.3, 0.4) is 0 Å². The van der Waals surface area contributed by atoms with Crippen LogP contribution in [0.2, 0.25) is 18.1 Å². The van der Waals surface area contributed by atoms with Crippen LogP contribution in [-0.2, 0) is 123 Å². The Kier molecular flexibility index (Phi) is 25.9. The van der Waals surface area contributed by atoms with Crippen molar-refractivity contribution in [1.82, 2.24) is 0 Å². The van der Waals surface area contributed by atoms with E-state index >= 15 is 0 Å². The summed E-state index contributed by atoms with van der Waals surface area (Å²) in [6.07, 6.45) is -27.1. The molecular formula is C48H79NO27PSi+2. The van der Waals surface area contributed by atoms with Gasteiger partial charge in [0.15, 0.2) is 69.7 Å². The van der Waals surface area contributed by atoms with Crippen LogP contribution in [0.5, 0.6) is 0 Å². The van der Waals surface area contributed by atoms with E-state index in [1.54, 1.807) is 20.8 Å². The Balaban J connectivity index is 2.44. The molecule has 445 valence electrons. The third kappa shape index (κ3) is 19.6. The molecule has 1 unspecified atom stereocenters. The predicted octanol–water partition coefficient (Wildman–Crippen LogP) is 1.75. The quantitative estimate of drug-likeness (QED) is 0.0239. The molecule has 1 radical (unpaired) electrons. The van der Waals surface area contributed by atoms with Gasteiger partial charge >= 0.3 is 53.7 Å². The Labute approximate surface area is 455 Å². The first-order chi connectivity index (χ1) is 36.2. The first-order valence-electron chi connectivity index (χ1n) is 25.3. The third-order valence-electron chi connectivity index (χ3n) is 13.0. The van der Waals surface area contributed by atoms with Gasteiger partial charge in [0.1, 0.15) is 50.7 Å². The number of hydrogen-bond acceptors (Lipinski definition) is 27. The number of nitrogens with zero attached hydrogens (tertiary/aromatic N) is 1. The number of esters is 9. The van der Waals surface area contributed by atoms with Crippen LogP contribution in [0.15, 0.2) is 0 Å². The minimum absolute atomic E-state index is 0.134. The molecule has 0 aromatic carbocycles. The largest absolute Gasteiger partial charge is 0.628 e. The van der Waals surface area contributed by atoms with Gasteiger partial charge in [-0.15, -0.1) is 4.65 Å². The van der Waals surface area contributed by atoms with E-state index in [2.05, 4.69) is 0 Å². The zero-order chi connectivity index (χ0) is 59.2. The van der Waals surface area contributed by atoms with Crippen molar-refractivity contribution in [3.8, 4) is 0 Å². The van der Waals surface area contributed by atoms with Gasteiger partial charge in [-0.2, -0.15) is 4.52 Å². The maximum atomic E-state index is 13.8. The highest BCUT2D eigenvalue weighted by atomic mass is 31.2. The van der Waals surface area contributed by atoms with E-state index in [9.17, 15) is 48.0 Å². The first-order valence-corrected chi connectivity index (χ1v) is 29.5. The van der Waals surface area contributed by atoms with Gasteiger partial charge in [0.05, 0.1) is 13.5 Å². The topological polar surface area (TPSA) is 336 Å². The van der Waals surface area contributed by atoms with Crippen molar-refractivity contribution >= 4 is 70.6 Å². The lowest BCUT2D eigenvalue weighted by Crippen LogP contribution is -2.69. The van der Waals surface area contributed by atoms with Crippen molar-refractivity contribution in [3.63, 3.8) is 0 Å². The highest BCUT2D eigenvalue weighted by Crippen LogP contribution is 2.43. The summed E-state index contributed by atoms with van der Waals surface area (Å²) in [4.78, 5) is 129. The molecule has 3 rings (SSSR count). The molecule has 0 aromatic heterocycles. The summed E-state index contributed by atoms with van der Waals surface area (Å²) < 4.78 is 101. The first kappa shape index (κ1) is 67.8. The molecule has 0 amide bonds. The van der Waals surface area contributed by atoms with Crippen LogP contribution in [-0.4, -0.2) is 198 Å². The van der Waals surface area contributed by atoms with E-state index in [0.29, 0.717) is 19.6 Å². The van der Waals surface area contributed by atoms with Crippen molar-refractivity contribution in [3.05, 3.63) is 0 Å². The minimum atomic E-state index is -3.59. The summed E-state index contributed by atoms with van der Waals surface area (Å²) in [6.45, 7) is 23.4. The van der Waals surface area contributed by atoms with E-state index in [1.165, 1.54) is 0 Å². The standard InChI is InChI=1S/C48H79NO27PSi/c1-18-49(19-2,20-3)76-77(59)75-47-44(69-32(12)58)40(66-29(9)55)38(34(72-47)22-61-25(5)51)73-45-43(68-31(11)57)41(37(64-27(7)53)35(71-45)23-62-78(16,17)48(13,14)15)74-46-42(67-30(10)56)39(65-28(8)54)36(63-26(6)52)33(70-46)21-60-24(4)50/h33-47,77H,18-23H2,1-17H3/q+2/t33-,34-,35-,36+,37+,38-,39+,40+,41+,42-,43-,44+,45+,46+,47-/m1/s1. The maximum absolute atomic E-state index is 13.8. The van der Waals surface area contributed by atoms with Crippen LogP contribution in [0, 0.1) is 0 Å². The summed E-state index contributed by atoms with van der Waals surface area (Å²) in [5.41, 5.74) is 0. The van der Waals surface area contributed by atoms with E-state index < -0.39 is 188 Å². The highest BCUT2D eigenvalue weighted by molar-refractivity contribution is 7.38. The maximum Gasteiger partial charge on any atom is 0.571 e. The zero-order valence-electron chi connectivity index (χ0n) is 47.4. The predicted molar refractivity (Wildman–Crippen MR) is 263 cm³/mol. The van der Waals surface area contributed by atoms with E-state index in [4.69, 9.17) is 79.9 Å². The van der Waals surface area contributed by atoms with Crippen LogP contribution >= 0.6 is 8.60 Å². The Bertz CT molecular complexity index is 2080. The molecule has 0 spiro atoms. The average molecular weight is 1160 g/mol. The van der Waals surface area contributed by atoms with E-state index in [-0.39, 0.29) is 4.65 Å². The molecule has 30 heteroatoms. The van der Waals surface area contributed by atoms with Gasteiger partial charge < -0.3 is 75.6 Å². The van der Waals surface area contributed by atoms with Crippen LogP contribution in [0.4, 0.5) is 0 Å². The molecule has 3 heterocycles. The van der Waals surface area contributed by atoms with Crippen molar-refractivity contribution in [2.75, 3.05) is 39.5 Å². The zero-order valence-corrected chi connectivity index (χ0v) is 49.4. The van der Waals surface area contributed by atoms with Crippen LogP contribution in [0.1, 0.15) is 104 Å². The minimum Gasteiger partial charge on any atom is -0.628 e. The van der Waals surface area contributed by atoms with Crippen LogP contribution in [0.25, 0.3) is 0 Å². The molecule has 16 atom stereocenters. The van der Waals surface area contributed by atoms with Gasteiger partial charge in [0.2, 0.25) is 12.9 Å². The van der Waals surface area contributed by atoms with Gasteiger partial charge in [0, 0.05) is 60.2 Å². The second-order valence-electron chi connectivity index (χ2n) is 20.0. The normalized spacial score (nSPS) is 29.8. The second-order valence-corrected chi connectivity index (χ2v) is 25.7. The third-order valence-corrected chi connectivity index (χ3v) is 18.5. The number of hydrogen-bond donors (Lipinski definition) is 0. The molecule has 78 heavy (non-hydrogen) atoms. The van der Waals surface area contributed by atoms with E-state index in [1.807, 2.05) is 33.9 Å². The lowest BCUT2D eigenvalue weighted by Gasteiger charge is -2.50. The molecule has 3 aliphatic heterocycles. The Morgan fingerprint density at radius 1 is 0.487 bits per heavy atom. The number of carbonyl (C=O) groups excluding carboxylic acids is 9. The van der Waals surface area contributed by atoms with Crippen molar-refractivity contribution < 1.29 is 133 Å². The van der Waals surface area contributed by atoms with E-state index in [0.717, 1.165) is 62.3 Å². The SMILES string of the molecule is CC[N+](CC)(CC)O[PH+]([O-])O[C@H]1O[C@H](COC(C)=O)[C@@H](O[C@@H]2O[C@H](CO[Si](C)(C)C(C)(C)C)[C@H](OC(C)=O)[C@H](O[C@@H]3O[C@H](COC(C)=[O+])[C@H](OC(C)=O)[C@H](OC(C)=O)[C@H]3OC(C)=O)[C@H]2OC(C)=O)[C@H](OC(C)=O)[C@@H]1OC(C)=O. The van der Waals surface area contributed by atoms with Gasteiger partial charge in [-0.3, -0.25) is 38.4 Å². The van der Waals surface area contributed by atoms with Crippen LogP contribution < -0.4 is 4.89 Å². The number of hydroxylamine groups is 3. The summed E-state index contributed by atoms with van der Waals surface area (Å²) in [7, 11) is -6.38. The summed E-state index contributed by atoms with van der Waals surface area (Å²) in [5, 5.41) is -0.440. The number of rotatable bonds is 25. The molecule has 0 aliphatic carbocycles. The monoisotopic (exact) mass is 1160 g/mol. The highest BCUT2D eigenvalue weighted by Gasteiger charge is 2.61. The molecule has 28 nitrogen and oxygen atoms in total. The number of carbonyl (C=O) groups is 9. The summed E-state index contributed by atoms with van der Waals surface area (Å²) in [6, 6.07) is 0. The Hall–Kier alpha value is -4.52. The lowest BCUT2D eigenvalue weighted by molar-refractivity contribution is -1.08. The smallest absolute Gasteiger partial charge is 0.571 e. The Morgan fingerprint density at radius 3 is 1.23 bits per heavy atom. The molecule has 3 aliphatic rings. The van der Waals surface area contributed by atoms with Crippen molar-refractivity contribution in [2.45, 2.75) is 214 Å². The van der Waals surface area contributed by atoms with Gasteiger partial charge in [-0.05, 0) is 43.5 Å². The molecule has 3 saturated heterocycles. The average Bonchev–Trinajstić information content (AvgIpc) is 3.30.